The number of imidazole rings is 1. The van der Waals surface area contributed by atoms with E-state index in [0.29, 0.717) is 0 Å². The molecule has 2 heterocycles. The molecule has 0 aliphatic heterocycles. The molecule has 64 valence electrons. The third kappa shape index (κ3) is 1.47. The first-order valence-corrected chi connectivity index (χ1v) is 4.25. The molecule has 0 fully saturated rings. The molecule has 0 aliphatic carbocycles. The highest BCUT2D eigenvalue weighted by atomic mass is 15.0. The van der Waals surface area contributed by atoms with Gasteiger partial charge in [0.2, 0.25) is 0 Å². The van der Waals surface area contributed by atoms with Crippen LogP contribution in [0.2, 0.25) is 0 Å². The van der Waals surface area contributed by atoms with Crippen LogP contribution in [-0.4, -0.2) is 9.38 Å². The van der Waals surface area contributed by atoms with Crippen LogP contribution >= 0.6 is 0 Å². The van der Waals surface area contributed by atoms with Crippen molar-refractivity contribution in [2.45, 2.75) is 20.8 Å². The summed E-state index contributed by atoms with van der Waals surface area (Å²) in [6, 6.07) is 4.10. The second kappa shape index (κ2) is 3.90. The zero-order valence-electron chi connectivity index (χ0n) is 7.78. The maximum absolute atomic E-state index is 4.03. The SMILES string of the molecule is CC.Cc1cccn2cncc12. The monoisotopic (exact) mass is 162 g/mol. The van der Waals surface area contributed by atoms with Crippen molar-refractivity contribution in [1.29, 1.82) is 0 Å². The molecule has 0 saturated heterocycles. The number of nitrogens with zero attached hydrogens (tertiary/aromatic N) is 2. The first-order valence-electron chi connectivity index (χ1n) is 4.25. The molecule has 0 unspecified atom stereocenters. The number of pyridine rings is 1. The van der Waals surface area contributed by atoms with Gasteiger partial charge in [-0.3, -0.25) is 0 Å². The molecule has 2 aromatic heterocycles. The van der Waals surface area contributed by atoms with Crippen molar-refractivity contribution in [2.75, 3.05) is 0 Å². The summed E-state index contributed by atoms with van der Waals surface area (Å²) in [5.74, 6) is 0. The van der Waals surface area contributed by atoms with E-state index in [9.17, 15) is 0 Å². The first kappa shape index (κ1) is 8.78. The van der Waals surface area contributed by atoms with Gasteiger partial charge in [0, 0.05) is 6.20 Å². The van der Waals surface area contributed by atoms with Crippen LogP contribution in [-0.2, 0) is 0 Å². The summed E-state index contributed by atoms with van der Waals surface area (Å²) < 4.78 is 2.01. The van der Waals surface area contributed by atoms with Gasteiger partial charge in [-0.25, -0.2) is 4.98 Å². The lowest BCUT2D eigenvalue weighted by molar-refractivity contribution is 1.14. The highest BCUT2D eigenvalue weighted by molar-refractivity contribution is 5.51. The van der Waals surface area contributed by atoms with E-state index in [1.807, 2.05) is 43.0 Å². The van der Waals surface area contributed by atoms with Gasteiger partial charge in [-0.15, -0.1) is 0 Å². The number of hydrogen-bond acceptors (Lipinski definition) is 1. The Morgan fingerprint density at radius 1 is 1.33 bits per heavy atom. The summed E-state index contributed by atoms with van der Waals surface area (Å²) in [7, 11) is 0. The predicted octanol–water partition coefficient (Wildman–Crippen LogP) is 2.67. The predicted molar refractivity (Wildman–Crippen MR) is 51.3 cm³/mol. The van der Waals surface area contributed by atoms with E-state index in [0.717, 1.165) is 0 Å². The van der Waals surface area contributed by atoms with Gasteiger partial charge >= 0.3 is 0 Å². The van der Waals surface area contributed by atoms with Gasteiger partial charge in [0.05, 0.1) is 18.0 Å². The van der Waals surface area contributed by atoms with E-state index in [2.05, 4.69) is 18.0 Å². The quantitative estimate of drug-likeness (QED) is 0.582. The third-order valence-electron chi connectivity index (χ3n) is 1.66. The fourth-order valence-electron chi connectivity index (χ4n) is 1.09. The lowest BCUT2D eigenvalue weighted by Gasteiger charge is -1.94. The van der Waals surface area contributed by atoms with E-state index in [-0.39, 0.29) is 0 Å². The zero-order chi connectivity index (χ0) is 8.97. The normalized spacial score (nSPS) is 9.25. The van der Waals surface area contributed by atoms with Crippen LogP contribution in [0.1, 0.15) is 19.4 Å². The van der Waals surface area contributed by atoms with Gasteiger partial charge in [-0.05, 0) is 18.6 Å². The topological polar surface area (TPSA) is 17.3 Å². The molecule has 0 aromatic carbocycles. The Bertz CT molecular complexity index is 349. The number of fused-ring (bicyclic) bond motifs is 1. The number of rotatable bonds is 0. The van der Waals surface area contributed by atoms with Crippen LogP contribution in [0, 0.1) is 6.92 Å². The standard InChI is InChI=1S/C8H8N2.C2H6/c1-7-3-2-4-10-6-9-5-8(7)10;1-2/h2-6H,1H3;1-2H3. The van der Waals surface area contributed by atoms with E-state index >= 15 is 0 Å². The fourth-order valence-corrected chi connectivity index (χ4v) is 1.09. The molecule has 0 saturated carbocycles. The maximum atomic E-state index is 4.03. The Morgan fingerprint density at radius 3 is 2.75 bits per heavy atom. The molecule has 0 N–H and O–H groups in total. The van der Waals surface area contributed by atoms with Crippen molar-refractivity contribution < 1.29 is 0 Å². The van der Waals surface area contributed by atoms with Crippen molar-refractivity contribution in [2.24, 2.45) is 0 Å². The fraction of sp³-hybridized carbons (Fsp3) is 0.300. The Balaban J connectivity index is 0.000000336. The van der Waals surface area contributed by atoms with Crippen LogP contribution < -0.4 is 0 Å². The van der Waals surface area contributed by atoms with E-state index in [1.165, 1.54) is 11.1 Å². The van der Waals surface area contributed by atoms with Gasteiger partial charge in [-0.2, -0.15) is 0 Å². The average molecular weight is 162 g/mol. The lowest BCUT2D eigenvalue weighted by atomic mass is 10.3. The van der Waals surface area contributed by atoms with Gasteiger partial charge in [-0.1, -0.05) is 19.9 Å². The van der Waals surface area contributed by atoms with Crippen molar-refractivity contribution in [3.8, 4) is 0 Å². The molecule has 12 heavy (non-hydrogen) atoms. The molecule has 2 nitrogen and oxygen atoms in total. The number of aryl methyl sites for hydroxylation is 1. The van der Waals surface area contributed by atoms with Gasteiger partial charge in [0.25, 0.3) is 0 Å². The largest absolute Gasteiger partial charge is 0.306 e. The molecule has 0 atom stereocenters. The molecule has 0 spiro atoms. The molecular formula is C10H14N2. The van der Waals surface area contributed by atoms with Crippen molar-refractivity contribution in [1.82, 2.24) is 9.38 Å². The van der Waals surface area contributed by atoms with Crippen molar-refractivity contribution in [3.05, 3.63) is 36.4 Å². The summed E-state index contributed by atoms with van der Waals surface area (Å²) in [4.78, 5) is 4.03. The Morgan fingerprint density at radius 2 is 2.08 bits per heavy atom. The van der Waals surface area contributed by atoms with Crippen molar-refractivity contribution in [3.63, 3.8) is 0 Å². The van der Waals surface area contributed by atoms with Crippen LogP contribution in [0.25, 0.3) is 5.52 Å². The molecule has 0 amide bonds. The minimum atomic E-state index is 1.18. The van der Waals surface area contributed by atoms with Crippen LogP contribution in [0.15, 0.2) is 30.9 Å². The summed E-state index contributed by atoms with van der Waals surface area (Å²) in [5.41, 5.74) is 2.45. The van der Waals surface area contributed by atoms with E-state index in [1.54, 1.807) is 0 Å². The van der Waals surface area contributed by atoms with E-state index < -0.39 is 0 Å². The smallest absolute Gasteiger partial charge is 0.0992 e. The summed E-state index contributed by atoms with van der Waals surface area (Å²) >= 11 is 0. The number of hydrogen-bond donors (Lipinski definition) is 0. The molecular weight excluding hydrogens is 148 g/mol. The minimum absolute atomic E-state index is 1.18. The van der Waals surface area contributed by atoms with Crippen LogP contribution in [0.5, 0.6) is 0 Å². The molecule has 2 heteroatoms. The van der Waals surface area contributed by atoms with Crippen LogP contribution in [0.3, 0.4) is 0 Å². The Labute approximate surface area is 72.9 Å². The van der Waals surface area contributed by atoms with E-state index in [4.69, 9.17) is 0 Å². The second-order valence-corrected chi connectivity index (χ2v) is 2.38. The number of aromatic nitrogens is 2. The first-order chi connectivity index (χ1) is 5.88. The molecule has 0 radical (unpaired) electrons. The Kier molecular flexibility index (Phi) is 2.86. The lowest BCUT2D eigenvalue weighted by Crippen LogP contribution is -1.81. The second-order valence-electron chi connectivity index (χ2n) is 2.38. The van der Waals surface area contributed by atoms with Gasteiger partial charge in [0.15, 0.2) is 0 Å². The molecule has 0 bridgehead atoms. The van der Waals surface area contributed by atoms with Crippen molar-refractivity contribution >= 4 is 5.52 Å². The van der Waals surface area contributed by atoms with Gasteiger partial charge < -0.3 is 4.40 Å². The average Bonchev–Trinajstić information content (AvgIpc) is 2.57. The summed E-state index contributed by atoms with van der Waals surface area (Å²) in [6.07, 6.45) is 5.67. The maximum Gasteiger partial charge on any atom is 0.0992 e. The highest BCUT2D eigenvalue weighted by Gasteiger charge is 1.92. The molecule has 2 rings (SSSR count). The van der Waals surface area contributed by atoms with Crippen LogP contribution in [0.4, 0.5) is 0 Å². The molecule has 2 aromatic rings. The zero-order valence-corrected chi connectivity index (χ0v) is 7.78. The molecule has 0 aliphatic rings. The summed E-state index contributed by atoms with van der Waals surface area (Å²) in [5, 5.41) is 0. The minimum Gasteiger partial charge on any atom is -0.306 e. The Hall–Kier alpha value is -1.31. The highest BCUT2D eigenvalue weighted by Crippen LogP contribution is 2.06. The summed E-state index contributed by atoms with van der Waals surface area (Å²) in [6.45, 7) is 6.08. The van der Waals surface area contributed by atoms with Gasteiger partial charge in [0.1, 0.15) is 0 Å². The third-order valence-corrected chi connectivity index (χ3v) is 1.66.